The summed E-state index contributed by atoms with van der Waals surface area (Å²) in [6.07, 6.45) is 4.68. The van der Waals surface area contributed by atoms with Crippen molar-refractivity contribution < 1.29 is 4.74 Å². The van der Waals surface area contributed by atoms with Crippen molar-refractivity contribution in [2.45, 2.75) is 70.9 Å². The third-order valence-corrected chi connectivity index (χ3v) is 4.91. The molecule has 1 aromatic rings. The van der Waals surface area contributed by atoms with Gasteiger partial charge in [0.15, 0.2) is 0 Å². The van der Waals surface area contributed by atoms with Crippen LogP contribution in [0, 0.1) is 5.92 Å². The van der Waals surface area contributed by atoms with Gasteiger partial charge in [0, 0.05) is 6.04 Å². The van der Waals surface area contributed by atoms with Gasteiger partial charge in [-0.1, -0.05) is 39.8 Å². The maximum atomic E-state index is 6.18. The van der Waals surface area contributed by atoms with Gasteiger partial charge in [-0.25, -0.2) is 0 Å². The molecule has 0 spiro atoms. The molecule has 2 heteroatoms. The van der Waals surface area contributed by atoms with Gasteiger partial charge < -0.3 is 10.5 Å². The van der Waals surface area contributed by atoms with Gasteiger partial charge in [-0.2, -0.15) is 0 Å². The zero-order chi connectivity index (χ0) is 14.8. The third-order valence-electron chi connectivity index (χ3n) is 4.91. The summed E-state index contributed by atoms with van der Waals surface area (Å²) in [5.74, 6) is 1.67. The average Bonchev–Trinajstić information content (AvgIpc) is 2.43. The molecule has 0 aliphatic heterocycles. The molecular weight excluding hydrogens is 246 g/mol. The van der Waals surface area contributed by atoms with E-state index in [2.05, 4.69) is 52.0 Å². The summed E-state index contributed by atoms with van der Waals surface area (Å²) < 4.78 is 6.11. The Morgan fingerprint density at radius 1 is 1.20 bits per heavy atom. The lowest BCUT2D eigenvalue weighted by Gasteiger charge is -2.33. The highest BCUT2D eigenvalue weighted by atomic mass is 16.5. The molecule has 112 valence electrons. The van der Waals surface area contributed by atoms with E-state index in [1.807, 2.05) is 0 Å². The average molecular weight is 275 g/mol. The summed E-state index contributed by atoms with van der Waals surface area (Å²) in [5, 5.41) is 0. The summed E-state index contributed by atoms with van der Waals surface area (Å²) >= 11 is 0. The normalized spacial score (nSPS) is 27.4. The molecule has 0 amide bonds. The molecule has 2 N–H and O–H groups in total. The van der Waals surface area contributed by atoms with Gasteiger partial charge in [-0.3, -0.25) is 0 Å². The van der Waals surface area contributed by atoms with E-state index >= 15 is 0 Å². The Kier molecular flexibility index (Phi) is 4.74. The number of nitrogens with two attached hydrogens (primary N) is 1. The van der Waals surface area contributed by atoms with Crippen LogP contribution in [0.5, 0.6) is 5.75 Å². The van der Waals surface area contributed by atoms with Crippen LogP contribution in [0.15, 0.2) is 24.3 Å². The van der Waals surface area contributed by atoms with Crippen LogP contribution in [-0.2, 0) is 5.41 Å². The Labute approximate surface area is 123 Å². The minimum absolute atomic E-state index is 0.170. The molecule has 1 aliphatic carbocycles. The van der Waals surface area contributed by atoms with Crippen LogP contribution in [0.3, 0.4) is 0 Å². The lowest BCUT2D eigenvalue weighted by Crippen LogP contribution is -2.43. The van der Waals surface area contributed by atoms with E-state index in [4.69, 9.17) is 10.5 Å². The molecule has 0 saturated heterocycles. The van der Waals surface area contributed by atoms with Crippen molar-refractivity contribution in [2.24, 2.45) is 11.7 Å². The molecule has 1 aliphatic rings. The molecule has 1 fully saturated rings. The molecule has 0 bridgehead atoms. The van der Waals surface area contributed by atoms with E-state index in [1.165, 1.54) is 12.0 Å². The second kappa shape index (κ2) is 6.17. The molecule has 0 heterocycles. The smallest absolute Gasteiger partial charge is 0.119 e. The van der Waals surface area contributed by atoms with Crippen molar-refractivity contribution >= 4 is 0 Å². The van der Waals surface area contributed by atoms with Crippen LogP contribution in [0.1, 0.15) is 58.9 Å². The fourth-order valence-electron chi connectivity index (χ4n) is 2.85. The van der Waals surface area contributed by atoms with Crippen LogP contribution < -0.4 is 10.5 Å². The van der Waals surface area contributed by atoms with Crippen molar-refractivity contribution in [2.75, 3.05) is 0 Å². The summed E-state index contributed by atoms with van der Waals surface area (Å²) in [4.78, 5) is 0. The van der Waals surface area contributed by atoms with Crippen molar-refractivity contribution in [3.63, 3.8) is 0 Å². The molecule has 20 heavy (non-hydrogen) atoms. The van der Waals surface area contributed by atoms with Gasteiger partial charge in [0.1, 0.15) is 11.9 Å². The van der Waals surface area contributed by atoms with Crippen molar-refractivity contribution in [1.29, 1.82) is 0 Å². The van der Waals surface area contributed by atoms with Gasteiger partial charge in [0.05, 0.1) is 0 Å². The molecule has 1 aromatic carbocycles. The highest BCUT2D eigenvalue weighted by molar-refractivity contribution is 5.31. The minimum Gasteiger partial charge on any atom is -0.489 e. The molecule has 0 aromatic heterocycles. The predicted octanol–water partition coefficient (Wildman–Crippen LogP) is 4.27. The fraction of sp³-hybridized carbons (Fsp3) is 0.667. The molecular formula is C18H29NO. The number of hydrogen-bond acceptors (Lipinski definition) is 2. The number of hydrogen-bond donors (Lipinski definition) is 1. The Bertz CT molecular complexity index is 424. The first kappa shape index (κ1) is 15.4. The van der Waals surface area contributed by atoms with Gasteiger partial charge in [0.25, 0.3) is 0 Å². The number of benzene rings is 1. The Balaban J connectivity index is 2.03. The van der Waals surface area contributed by atoms with E-state index in [1.54, 1.807) is 0 Å². The Morgan fingerprint density at radius 2 is 1.85 bits per heavy atom. The largest absolute Gasteiger partial charge is 0.489 e. The Morgan fingerprint density at radius 3 is 2.45 bits per heavy atom. The van der Waals surface area contributed by atoms with Crippen LogP contribution in [-0.4, -0.2) is 12.1 Å². The molecule has 3 unspecified atom stereocenters. The standard InChI is InChI=1S/C18H29NO/c1-5-18(3,4)14-7-9-15(10-8-14)20-17-12-13(2)6-11-16(17)19/h7-10,13,16-17H,5-6,11-12,19H2,1-4H3. The van der Waals surface area contributed by atoms with Crippen LogP contribution in [0.25, 0.3) is 0 Å². The van der Waals surface area contributed by atoms with Gasteiger partial charge in [0.2, 0.25) is 0 Å². The third kappa shape index (κ3) is 3.54. The summed E-state index contributed by atoms with van der Waals surface area (Å²) in [5.41, 5.74) is 7.78. The second-order valence-corrected chi connectivity index (χ2v) is 7.00. The van der Waals surface area contributed by atoms with Crippen LogP contribution in [0.4, 0.5) is 0 Å². The molecule has 2 rings (SSSR count). The van der Waals surface area contributed by atoms with Gasteiger partial charge in [-0.05, 0) is 54.7 Å². The summed E-state index contributed by atoms with van der Waals surface area (Å²) in [7, 11) is 0. The van der Waals surface area contributed by atoms with E-state index < -0.39 is 0 Å². The minimum atomic E-state index is 0.170. The molecule has 2 nitrogen and oxygen atoms in total. The summed E-state index contributed by atoms with van der Waals surface area (Å²) in [6.45, 7) is 9.07. The zero-order valence-corrected chi connectivity index (χ0v) is 13.4. The van der Waals surface area contributed by atoms with Crippen molar-refractivity contribution in [3.05, 3.63) is 29.8 Å². The first-order chi connectivity index (χ1) is 9.42. The van der Waals surface area contributed by atoms with Gasteiger partial charge >= 0.3 is 0 Å². The maximum Gasteiger partial charge on any atom is 0.119 e. The van der Waals surface area contributed by atoms with Crippen LogP contribution >= 0.6 is 0 Å². The number of rotatable bonds is 4. The van der Waals surface area contributed by atoms with E-state index in [9.17, 15) is 0 Å². The zero-order valence-electron chi connectivity index (χ0n) is 13.4. The highest BCUT2D eigenvalue weighted by Crippen LogP contribution is 2.30. The molecule has 3 atom stereocenters. The fourth-order valence-corrected chi connectivity index (χ4v) is 2.85. The van der Waals surface area contributed by atoms with Crippen molar-refractivity contribution in [3.8, 4) is 5.75 Å². The van der Waals surface area contributed by atoms with E-state index in [0.717, 1.165) is 30.9 Å². The highest BCUT2D eigenvalue weighted by Gasteiger charge is 2.27. The molecule has 1 saturated carbocycles. The van der Waals surface area contributed by atoms with E-state index in [0.29, 0.717) is 0 Å². The quantitative estimate of drug-likeness (QED) is 0.890. The lowest BCUT2D eigenvalue weighted by atomic mass is 9.82. The summed E-state index contributed by atoms with van der Waals surface area (Å²) in [6, 6.07) is 8.75. The topological polar surface area (TPSA) is 35.2 Å². The van der Waals surface area contributed by atoms with Crippen molar-refractivity contribution in [1.82, 2.24) is 0 Å². The lowest BCUT2D eigenvalue weighted by molar-refractivity contribution is 0.108. The first-order valence-electron chi connectivity index (χ1n) is 7.95. The molecule has 0 radical (unpaired) electrons. The monoisotopic (exact) mass is 275 g/mol. The Hall–Kier alpha value is -1.02. The maximum absolute atomic E-state index is 6.18. The predicted molar refractivity (Wildman–Crippen MR) is 85.2 cm³/mol. The first-order valence-corrected chi connectivity index (χ1v) is 7.95. The SMILES string of the molecule is CCC(C)(C)c1ccc(OC2CC(C)CCC2N)cc1. The number of ether oxygens (including phenoxy) is 1. The van der Waals surface area contributed by atoms with Crippen LogP contribution in [0.2, 0.25) is 0 Å². The second-order valence-electron chi connectivity index (χ2n) is 7.00. The van der Waals surface area contributed by atoms with Gasteiger partial charge in [-0.15, -0.1) is 0 Å². The van der Waals surface area contributed by atoms with E-state index in [-0.39, 0.29) is 17.6 Å².